The molecule has 0 aliphatic carbocycles. The Hall–Kier alpha value is -3.06. The van der Waals surface area contributed by atoms with Crippen molar-refractivity contribution >= 4 is 15.7 Å². The highest BCUT2D eigenvalue weighted by Gasteiger charge is 2.26. The third-order valence-electron chi connectivity index (χ3n) is 4.55. The Morgan fingerprint density at radius 3 is 2.21 bits per heavy atom. The second-order valence-electron chi connectivity index (χ2n) is 6.45. The molecule has 3 rings (SSSR count). The first kappa shape index (κ1) is 20.7. The summed E-state index contributed by atoms with van der Waals surface area (Å²) in [7, 11) is -0.957. The minimum atomic E-state index is -4.01. The molecule has 0 saturated carbocycles. The van der Waals surface area contributed by atoms with Crippen molar-refractivity contribution in [1.29, 1.82) is 0 Å². The smallest absolute Gasteiger partial charge is 0.264 e. The van der Waals surface area contributed by atoms with E-state index in [0.29, 0.717) is 28.3 Å². The van der Waals surface area contributed by atoms with Gasteiger partial charge in [0.15, 0.2) is 11.5 Å². The molecule has 0 heterocycles. The summed E-state index contributed by atoms with van der Waals surface area (Å²) in [6.45, 7) is 1.63. The molecule has 29 heavy (non-hydrogen) atoms. The van der Waals surface area contributed by atoms with Crippen LogP contribution in [0.2, 0.25) is 0 Å². The van der Waals surface area contributed by atoms with E-state index < -0.39 is 15.8 Å². The van der Waals surface area contributed by atoms with Gasteiger partial charge in [-0.15, -0.1) is 0 Å². The van der Waals surface area contributed by atoms with Gasteiger partial charge in [-0.2, -0.15) is 0 Å². The number of anilines is 1. The number of hydrogen-bond donors (Lipinski definition) is 0. The molecule has 0 aliphatic rings. The molecule has 0 bridgehead atoms. The Kier molecular flexibility index (Phi) is 6.08. The fourth-order valence-electron chi connectivity index (χ4n) is 2.92. The minimum absolute atomic E-state index is 0.0438. The molecule has 0 unspecified atom stereocenters. The van der Waals surface area contributed by atoms with Crippen LogP contribution in [0.25, 0.3) is 0 Å². The van der Waals surface area contributed by atoms with Gasteiger partial charge < -0.3 is 9.47 Å². The number of halogens is 1. The predicted octanol–water partition coefficient (Wildman–Crippen LogP) is 4.55. The van der Waals surface area contributed by atoms with Crippen LogP contribution in [0.3, 0.4) is 0 Å². The van der Waals surface area contributed by atoms with Crippen molar-refractivity contribution in [1.82, 2.24) is 0 Å². The van der Waals surface area contributed by atoms with Crippen molar-refractivity contribution in [2.75, 3.05) is 18.5 Å². The van der Waals surface area contributed by atoms with Gasteiger partial charge in [-0.05, 0) is 54.4 Å². The number of ether oxygens (including phenoxy) is 2. The van der Waals surface area contributed by atoms with Gasteiger partial charge in [0.1, 0.15) is 5.82 Å². The highest BCUT2D eigenvalue weighted by atomic mass is 32.2. The van der Waals surface area contributed by atoms with Gasteiger partial charge in [0, 0.05) is 0 Å². The average molecular weight is 415 g/mol. The van der Waals surface area contributed by atoms with E-state index in [1.165, 1.54) is 30.7 Å². The highest BCUT2D eigenvalue weighted by Crippen LogP contribution is 2.31. The summed E-state index contributed by atoms with van der Waals surface area (Å²) in [5.74, 6) is 0.480. The molecular weight excluding hydrogens is 393 g/mol. The Balaban J connectivity index is 2.07. The van der Waals surface area contributed by atoms with Crippen molar-refractivity contribution in [3.8, 4) is 11.5 Å². The van der Waals surface area contributed by atoms with Crippen LogP contribution in [-0.2, 0) is 16.6 Å². The van der Waals surface area contributed by atoms with Crippen LogP contribution in [0.4, 0.5) is 10.1 Å². The lowest BCUT2D eigenvalue weighted by Crippen LogP contribution is -2.30. The fourth-order valence-corrected chi connectivity index (χ4v) is 4.38. The summed E-state index contributed by atoms with van der Waals surface area (Å²) in [4.78, 5) is -0.107. The lowest BCUT2D eigenvalue weighted by atomic mass is 10.2. The van der Waals surface area contributed by atoms with E-state index in [2.05, 4.69) is 0 Å². The molecule has 0 radical (unpaired) electrons. The minimum Gasteiger partial charge on any atom is -0.493 e. The van der Waals surface area contributed by atoms with Crippen molar-refractivity contribution < 1.29 is 22.3 Å². The molecular formula is C22H22FNO4S. The van der Waals surface area contributed by atoms with E-state index in [1.54, 1.807) is 55.5 Å². The molecule has 0 N–H and O–H groups in total. The summed E-state index contributed by atoms with van der Waals surface area (Å²) in [5, 5.41) is 0. The molecule has 3 aromatic rings. The van der Waals surface area contributed by atoms with Crippen molar-refractivity contribution in [2.45, 2.75) is 18.4 Å². The zero-order valence-electron chi connectivity index (χ0n) is 16.4. The molecule has 0 amide bonds. The first-order chi connectivity index (χ1) is 13.9. The van der Waals surface area contributed by atoms with Crippen molar-refractivity contribution in [2.24, 2.45) is 0 Å². The van der Waals surface area contributed by atoms with Crippen LogP contribution in [-0.4, -0.2) is 22.6 Å². The van der Waals surface area contributed by atoms with Crippen LogP contribution in [0, 0.1) is 12.7 Å². The van der Waals surface area contributed by atoms with Gasteiger partial charge >= 0.3 is 0 Å². The van der Waals surface area contributed by atoms with E-state index >= 15 is 0 Å². The molecule has 7 heteroatoms. The third kappa shape index (κ3) is 4.35. The number of sulfonamides is 1. The highest BCUT2D eigenvalue weighted by molar-refractivity contribution is 7.92. The SMILES string of the molecule is COc1ccc(CN(c2ccccc2)S(=O)(=O)c2ccc(C)c(F)c2)cc1OC. The number of methoxy groups -OCH3 is 2. The predicted molar refractivity (Wildman–Crippen MR) is 110 cm³/mol. The number of hydrogen-bond acceptors (Lipinski definition) is 4. The summed E-state index contributed by atoms with van der Waals surface area (Å²) in [5.41, 5.74) is 1.56. The van der Waals surface area contributed by atoms with Gasteiger partial charge in [-0.25, -0.2) is 12.8 Å². The van der Waals surface area contributed by atoms with Crippen LogP contribution >= 0.6 is 0 Å². The van der Waals surface area contributed by atoms with E-state index in [-0.39, 0.29) is 11.4 Å². The van der Waals surface area contributed by atoms with Crippen LogP contribution in [0.1, 0.15) is 11.1 Å². The number of benzene rings is 3. The molecule has 5 nitrogen and oxygen atoms in total. The normalized spacial score (nSPS) is 11.2. The van der Waals surface area contributed by atoms with Crippen molar-refractivity contribution in [3.63, 3.8) is 0 Å². The lowest BCUT2D eigenvalue weighted by Gasteiger charge is -2.25. The molecule has 0 atom stereocenters. The van der Waals surface area contributed by atoms with E-state index in [0.717, 1.165) is 6.07 Å². The maximum atomic E-state index is 14.1. The second-order valence-corrected chi connectivity index (χ2v) is 8.31. The largest absolute Gasteiger partial charge is 0.493 e. The van der Waals surface area contributed by atoms with Gasteiger partial charge in [0.05, 0.1) is 31.3 Å². The fraction of sp³-hybridized carbons (Fsp3) is 0.182. The lowest BCUT2D eigenvalue weighted by molar-refractivity contribution is 0.354. The topological polar surface area (TPSA) is 55.8 Å². The number of nitrogens with zero attached hydrogens (tertiary/aromatic N) is 1. The second kappa shape index (κ2) is 8.53. The number of aryl methyl sites for hydroxylation is 1. The van der Waals surface area contributed by atoms with Gasteiger partial charge in [0.2, 0.25) is 0 Å². The van der Waals surface area contributed by atoms with Gasteiger partial charge in [-0.1, -0.05) is 30.3 Å². The molecule has 3 aromatic carbocycles. The molecule has 0 fully saturated rings. The third-order valence-corrected chi connectivity index (χ3v) is 6.32. The molecule has 0 saturated heterocycles. The van der Waals surface area contributed by atoms with Crippen LogP contribution in [0.5, 0.6) is 11.5 Å². The molecule has 0 spiro atoms. The number of rotatable bonds is 7. The zero-order chi connectivity index (χ0) is 21.0. The quantitative estimate of drug-likeness (QED) is 0.568. The van der Waals surface area contributed by atoms with Crippen LogP contribution < -0.4 is 13.8 Å². The Labute approximate surface area is 170 Å². The Morgan fingerprint density at radius 1 is 0.897 bits per heavy atom. The van der Waals surface area contributed by atoms with Gasteiger partial charge in [-0.3, -0.25) is 4.31 Å². The first-order valence-corrected chi connectivity index (χ1v) is 10.4. The maximum Gasteiger partial charge on any atom is 0.264 e. The summed E-state index contributed by atoms with van der Waals surface area (Å²) >= 11 is 0. The summed E-state index contributed by atoms with van der Waals surface area (Å²) in [6, 6.07) is 17.8. The zero-order valence-corrected chi connectivity index (χ0v) is 17.2. The van der Waals surface area contributed by atoms with E-state index in [4.69, 9.17) is 9.47 Å². The number of para-hydroxylation sites is 1. The standard InChI is InChI=1S/C22H22FNO4S/c1-16-9-11-19(14-20(16)23)29(25,26)24(18-7-5-4-6-8-18)15-17-10-12-21(27-2)22(13-17)28-3/h4-14H,15H2,1-3H3. The van der Waals surface area contributed by atoms with E-state index in [9.17, 15) is 12.8 Å². The van der Waals surface area contributed by atoms with E-state index in [1.807, 2.05) is 0 Å². The Bertz CT molecular complexity index is 1100. The summed E-state index contributed by atoms with van der Waals surface area (Å²) in [6.07, 6.45) is 0. The van der Waals surface area contributed by atoms with Crippen LogP contribution in [0.15, 0.2) is 71.6 Å². The molecule has 0 aliphatic heterocycles. The average Bonchev–Trinajstić information content (AvgIpc) is 2.74. The van der Waals surface area contributed by atoms with Gasteiger partial charge in [0.25, 0.3) is 10.0 Å². The summed E-state index contributed by atoms with van der Waals surface area (Å²) < 4.78 is 52.6. The van der Waals surface area contributed by atoms with Crippen molar-refractivity contribution in [3.05, 3.63) is 83.7 Å². The Morgan fingerprint density at radius 2 is 1.59 bits per heavy atom. The molecule has 152 valence electrons. The first-order valence-electron chi connectivity index (χ1n) is 8.91. The monoisotopic (exact) mass is 415 g/mol. The molecule has 0 aromatic heterocycles. The maximum absolute atomic E-state index is 14.1.